The SMILES string of the molecule is CCCc1nc(-c2cc(O)cc3ccc(Cl)c(F)c23)c(F)c2nc(OC[C@@]34CCCN3C[C@H](F)C4)nc(N3C[C@H]4CC[C@@H](C3)N4)c12. The molecule has 12 heteroatoms. The van der Waals surface area contributed by atoms with E-state index in [4.69, 9.17) is 26.3 Å². The highest BCUT2D eigenvalue weighted by molar-refractivity contribution is 6.31. The molecule has 242 valence electrons. The molecule has 8 nitrogen and oxygen atoms in total. The first-order valence-electron chi connectivity index (χ1n) is 16.3. The van der Waals surface area contributed by atoms with Crippen LogP contribution < -0.4 is 15.0 Å². The monoisotopic (exact) mass is 652 g/mol. The Morgan fingerprint density at radius 3 is 2.65 bits per heavy atom. The first-order valence-corrected chi connectivity index (χ1v) is 16.6. The molecule has 4 atom stereocenters. The average Bonchev–Trinajstić information content (AvgIpc) is 3.68. The summed E-state index contributed by atoms with van der Waals surface area (Å²) in [5.41, 5.74) is 0.116. The Morgan fingerprint density at radius 1 is 1.07 bits per heavy atom. The molecular weight excluding hydrogens is 617 g/mol. The Labute approximate surface area is 269 Å². The van der Waals surface area contributed by atoms with Gasteiger partial charge in [-0.2, -0.15) is 9.97 Å². The Morgan fingerprint density at radius 2 is 1.87 bits per heavy atom. The van der Waals surface area contributed by atoms with Crippen molar-refractivity contribution in [3.8, 4) is 23.0 Å². The van der Waals surface area contributed by atoms with Crippen LogP contribution in [0.4, 0.5) is 19.0 Å². The van der Waals surface area contributed by atoms with Crippen LogP contribution in [0.3, 0.4) is 0 Å². The fourth-order valence-corrected chi connectivity index (χ4v) is 8.44. The van der Waals surface area contributed by atoms with Gasteiger partial charge >= 0.3 is 6.01 Å². The molecule has 2 N–H and O–H groups in total. The lowest BCUT2D eigenvalue weighted by Gasteiger charge is -2.35. The summed E-state index contributed by atoms with van der Waals surface area (Å²) in [6.07, 6.45) is 4.55. The van der Waals surface area contributed by atoms with Crippen LogP contribution in [0.5, 0.6) is 11.8 Å². The molecular formula is C34H36ClF3N6O2. The van der Waals surface area contributed by atoms with Crippen LogP contribution in [0.1, 0.15) is 51.1 Å². The maximum absolute atomic E-state index is 17.0. The second-order valence-electron chi connectivity index (χ2n) is 13.4. The summed E-state index contributed by atoms with van der Waals surface area (Å²) < 4.78 is 53.4. The summed E-state index contributed by atoms with van der Waals surface area (Å²) >= 11 is 6.17. The molecule has 0 unspecified atom stereocenters. The van der Waals surface area contributed by atoms with Gasteiger partial charge in [0.05, 0.1) is 21.6 Å². The van der Waals surface area contributed by atoms with Crippen LogP contribution in [0.15, 0.2) is 24.3 Å². The number of anilines is 1. The zero-order valence-corrected chi connectivity index (χ0v) is 26.4. The number of aromatic hydroxyl groups is 1. The normalized spacial score (nSPS) is 26.0. The number of benzene rings is 2. The summed E-state index contributed by atoms with van der Waals surface area (Å²) in [5, 5.41) is 15.0. The lowest BCUT2D eigenvalue weighted by atomic mass is 9.95. The molecule has 46 heavy (non-hydrogen) atoms. The number of hydrogen-bond donors (Lipinski definition) is 2. The van der Waals surface area contributed by atoms with Crippen LogP contribution in [-0.2, 0) is 6.42 Å². The number of rotatable bonds is 7. The molecule has 0 saturated carbocycles. The minimum Gasteiger partial charge on any atom is -0.508 e. The van der Waals surface area contributed by atoms with Gasteiger partial charge in [0.2, 0.25) is 0 Å². The number of nitrogens with zero attached hydrogens (tertiary/aromatic N) is 5. The number of aryl methyl sites for hydroxylation is 1. The summed E-state index contributed by atoms with van der Waals surface area (Å²) in [4.78, 5) is 18.7. The van der Waals surface area contributed by atoms with E-state index in [9.17, 15) is 9.50 Å². The molecule has 4 saturated heterocycles. The van der Waals surface area contributed by atoms with E-state index in [0.717, 1.165) is 32.2 Å². The smallest absolute Gasteiger partial charge is 0.319 e. The number of phenolic OH excluding ortho intramolecular Hbond substituents is 1. The van der Waals surface area contributed by atoms with E-state index >= 15 is 8.78 Å². The van der Waals surface area contributed by atoms with Gasteiger partial charge in [0.25, 0.3) is 0 Å². The Balaban J connectivity index is 1.32. The second-order valence-corrected chi connectivity index (χ2v) is 13.8. The lowest BCUT2D eigenvalue weighted by molar-refractivity contribution is 0.107. The molecule has 4 fully saturated rings. The molecule has 6 heterocycles. The summed E-state index contributed by atoms with van der Waals surface area (Å²) in [5.74, 6) is -1.09. The highest BCUT2D eigenvalue weighted by Crippen LogP contribution is 2.43. The zero-order valence-electron chi connectivity index (χ0n) is 25.6. The molecule has 0 radical (unpaired) electrons. The fraction of sp³-hybridized carbons (Fsp3) is 0.500. The number of hydrogen-bond acceptors (Lipinski definition) is 8. The number of pyridine rings is 1. The van der Waals surface area contributed by atoms with Crippen LogP contribution in [-0.4, -0.2) is 81.5 Å². The van der Waals surface area contributed by atoms with Gasteiger partial charge in [-0.15, -0.1) is 0 Å². The Kier molecular flexibility index (Phi) is 7.41. The van der Waals surface area contributed by atoms with Crippen molar-refractivity contribution in [3.05, 3.63) is 46.6 Å². The predicted molar refractivity (Wildman–Crippen MR) is 172 cm³/mol. The first kappa shape index (κ1) is 30.0. The molecule has 0 aliphatic carbocycles. The van der Waals surface area contributed by atoms with Gasteiger partial charge in [-0.3, -0.25) is 4.90 Å². The Bertz CT molecular complexity index is 1850. The van der Waals surface area contributed by atoms with Crippen molar-refractivity contribution in [2.24, 2.45) is 0 Å². The third-order valence-electron chi connectivity index (χ3n) is 10.3. The van der Waals surface area contributed by atoms with E-state index in [1.54, 1.807) is 6.07 Å². The molecule has 4 aromatic rings. The summed E-state index contributed by atoms with van der Waals surface area (Å²) in [6, 6.07) is 6.30. The molecule has 2 bridgehead atoms. The van der Waals surface area contributed by atoms with Crippen LogP contribution in [0, 0.1) is 11.6 Å². The fourth-order valence-electron chi connectivity index (χ4n) is 8.28. The van der Waals surface area contributed by atoms with Crippen molar-refractivity contribution in [1.29, 1.82) is 0 Å². The van der Waals surface area contributed by atoms with E-state index in [0.29, 0.717) is 61.2 Å². The quantitative estimate of drug-likeness (QED) is 0.240. The van der Waals surface area contributed by atoms with Crippen molar-refractivity contribution in [2.75, 3.05) is 37.7 Å². The highest BCUT2D eigenvalue weighted by atomic mass is 35.5. The second kappa shape index (κ2) is 11.4. The Hall–Kier alpha value is -3.41. The van der Waals surface area contributed by atoms with E-state index in [2.05, 4.69) is 20.1 Å². The molecule has 8 rings (SSSR count). The molecule has 0 spiro atoms. The highest BCUT2D eigenvalue weighted by Gasteiger charge is 2.49. The predicted octanol–water partition coefficient (Wildman–Crippen LogP) is 6.33. The van der Waals surface area contributed by atoms with E-state index in [1.807, 2.05) is 6.92 Å². The van der Waals surface area contributed by atoms with Gasteiger partial charge in [0, 0.05) is 49.1 Å². The number of aromatic nitrogens is 3. The van der Waals surface area contributed by atoms with Gasteiger partial charge < -0.3 is 20.1 Å². The average molecular weight is 653 g/mol. The minimum atomic E-state index is -0.915. The maximum Gasteiger partial charge on any atom is 0.319 e. The van der Waals surface area contributed by atoms with Crippen LogP contribution in [0.25, 0.3) is 32.9 Å². The summed E-state index contributed by atoms with van der Waals surface area (Å²) in [7, 11) is 0. The molecule has 2 aromatic carbocycles. The molecule has 4 aliphatic heterocycles. The van der Waals surface area contributed by atoms with Gasteiger partial charge in [-0.25, -0.2) is 18.2 Å². The number of alkyl halides is 1. The zero-order chi connectivity index (χ0) is 31.7. The number of phenols is 1. The van der Waals surface area contributed by atoms with Gasteiger partial charge in [0.15, 0.2) is 5.82 Å². The van der Waals surface area contributed by atoms with Crippen molar-refractivity contribution in [2.45, 2.75) is 75.7 Å². The molecule has 0 amide bonds. The van der Waals surface area contributed by atoms with Gasteiger partial charge in [-0.05, 0) is 62.2 Å². The third-order valence-corrected chi connectivity index (χ3v) is 10.6. The maximum atomic E-state index is 17.0. The van der Waals surface area contributed by atoms with Crippen LogP contribution in [0.2, 0.25) is 5.02 Å². The number of fused-ring (bicyclic) bond motifs is 5. The number of nitrogens with one attached hydrogen (secondary N) is 1. The topological polar surface area (TPSA) is 86.6 Å². The van der Waals surface area contributed by atoms with Crippen molar-refractivity contribution >= 4 is 39.1 Å². The number of halogens is 4. The van der Waals surface area contributed by atoms with Crippen molar-refractivity contribution in [1.82, 2.24) is 25.2 Å². The molecule has 4 aliphatic rings. The van der Waals surface area contributed by atoms with Crippen LogP contribution >= 0.6 is 11.6 Å². The third kappa shape index (κ3) is 4.93. The largest absolute Gasteiger partial charge is 0.508 e. The van der Waals surface area contributed by atoms with E-state index < -0.39 is 23.3 Å². The van der Waals surface area contributed by atoms with Crippen molar-refractivity contribution < 1.29 is 23.0 Å². The number of piperazine rings is 1. The van der Waals surface area contributed by atoms with Crippen molar-refractivity contribution in [3.63, 3.8) is 0 Å². The molecule has 2 aromatic heterocycles. The standard InChI is InChI=1S/C34H36ClF3N6O2/c1-2-4-25-27-31(29(38)30(40-25)23-12-22(45)11-18-5-8-24(35)28(37)26(18)23)41-33(42-32(27)43-15-20-6-7-21(16-43)39-20)46-17-34-9-3-10-44(34)14-19(36)13-34/h5,8,11-12,19-21,39,45H,2-4,6-7,9-10,13-17H2,1H3/t19-,20-,21+,34+/m1/s1. The minimum absolute atomic E-state index is 0.0189. The van der Waals surface area contributed by atoms with E-state index in [-0.39, 0.29) is 57.6 Å². The lowest BCUT2D eigenvalue weighted by Crippen LogP contribution is -2.51. The van der Waals surface area contributed by atoms with Gasteiger partial charge in [-0.1, -0.05) is 31.0 Å². The summed E-state index contributed by atoms with van der Waals surface area (Å²) in [6.45, 7) is 4.81. The van der Waals surface area contributed by atoms with E-state index in [1.165, 1.54) is 18.2 Å². The van der Waals surface area contributed by atoms with Gasteiger partial charge in [0.1, 0.15) is 41.4 Å². The number of ether oxygens (including phenoxy) is 1. The first-order chi connectivity index (χ1) is 22.2.